The summed E-state index contributed by atoms with van der Waals surface area (Å²) in [6.07, 6.45) is 4.46. The van der Waals surface area contributed by atoms with Gasteiger partial charge in [0.2, 0.25) is 5.91 Å². The smallest absolute Gasteiger partial charge is 0.267 e. The van der Waals surface area contributed by atoms with Crippen LogP contribution in [0, 0.1) is 0 Å². The molecule has 1 aliphatic rings. The molecule has 0 saturated heterocycles. The summed E-state index contributed by atoms with van der Waals surface area (Å²) in [5, 5.41) is 10.2. The second-order valence-corrected chi connectivity index (χ2v) is 8.78. The van der Waals surface area contributed by atoms with Crippen LogP contribution in [0.2, 0.25) is 0 Å². The summed E-state index contributed by atoms with van der Waals surface area (Å²) < 4.78 is 0. The van der Waals surface area contributed by atoms with Crippen LogP contribution < -0.4 is 10.9 Å². The molecule has 2 N–H and O–H groups in total. The van der Waals surface area contributed by atoms with E-state index in [9.17, 15) is 9.59 Å². The molecule has 5 heteroatoms. The zero-order chi connectivity index (χ0) is 23.3. The van der Waals surface area contributed by atoms with E-state index in [0.29, 0.717) is 6.42 Å². The summed E-state index contributed by atoms with van der Waals surface area (Å²) >= 11 is 0. The Balaban J connectivity index is 1.40. The Morgan fingerprint density at radius 1 is 0.853 bits per heavy atom. The van der Waals surface area contributed by atoms with Crippen LogP contribution in [0.5, 0.6) is 0 Å². The summed E-state index contributed by atoms with van der Waals surface area (Å²) in [5.41, 5.74) is 6.53. The molecular formula is C29H27N3O2. The van der Waals surface area contributed by atoms with Gasteiger partial charge in [0.1, 0.15) is 0 Å². The molecule has 0 atom stereocenters. The number of nitrogens with one attached hydrogen (secondary N) is 2. The molecule has 0 fully saturated rings. The van der Waals surface area contributed by atoms with Gasteiger partial charge >= 0.3 is 0 Å². The van der Waals surface area contributed by atoms with E-state index in [-0.39, 0.29) is 11.5 Å². The molecule has 1 amide bonds. The quantitative estimate of drug-likeness (QED) is 0.435. The molecule has 3 aromatic carbocycles. The van der Waals surface area contributed by atoms with Gasteiger partial charge in [-0.25, -0.2) is 5.10 Å². The minimum Gasteiger partial charge on any atom is -0.325 e. The molecule has 0 bridgehead atoms. The van der Waals surface area contributed by atoms with Crippen LogP contribution in [0.1, 0.15) is 52.3 Å². The number of hydrogen-bond donors (Lipinski definition) is 2. The Hall–Kier alpha value is -3.99. The van der Waals surface area contributed by atoms with Gasteiger partial charge in [0.05, 0.1) is 11.6 Å². The van der Waals surface area contributed by atoms with Crippen molar-refractivity contribution in [2.24, 2.45) is 0 Å². The van der Waals surface area contributed by atoms with Gasteiger partial charge in [-0.05, 0) is 60.1 Å². The van der Waals surface area contributed by atoms with Crippen LogP contribution in [-0.4, -0.2) is 16.1 Å². The molecule has 1 aromatic heterocycles. The standard InChI is InChI=1S/C29H27N3O2/c33-28-25-17-8-7-16-24(25)26(31-32-28)19-20-10-9-15-23(18-20)30-29(34)27(21-11-3-1-4-12-21)22-13-5-2-6-14-22/h1-6,9-15,18,27H,7-8,16-17,19H2,(H,30,34)(H,32,33). The van der Waals surface area contributed by atoms with Crippen LogP contribution in [0.25, 0.3) is 0 Å². The first kappa shape index (κ1) is 21.8. The van der Waals surface area contributed by atoms with Crippen molar-refractivity contribution in [3.63, 3.8) is 0 Å². The van der Waals surface area contributed by atoms with Gasteiger partial charge in [-0.3, -0.25) is 9.59 Å². The van der Waals surface area contributed by atoms with E-state index in [1.807, 2.05) is 84.9 Å². The fourth-order valence-corrected chi connectivity index (χ4v) is 4.83. The molecule has 0 saturated carbocycles. The number of rotatable bonds is 6. The topological polar surface area (TPSA) is 74.8 Å². The maximum Gasteiger partial charge on any atom is 0.267 e. The van der Waals surface area contributed by atoms with Crippen molar-refractivity contribution >= 4 is 11.6 Å². The summed E-state index contributed by atoms with van der Waals surface area (Å²) in [6.45, 7) is 0. The molecule has 1 aliphatic carbocycles. The average Bonchev–Trinajstić information content (AvgIpc) is 2.88. The summed E-state index contributed by atoms with van der Waals surface area (Å²) in [6, 6.07) is 27.5. The Labute approximate surface area is 198 Å². The van der Waals surface area contributed by atoms with E-state index in [1.54, 1.807) is 0 Å². The Morgan fingerprint density at radius 2 is 1.50 bits per heavy atom. The lowest BCUT2D eigenvalue weighted by molar-refractivity contribution is -0.116. The minimum absolute atomic E-state index is 0.0627. The van der Waals surface area contributed by atoms with Gasteiger partial charge in [0.15, 0.2) is 0 Å². The van der Waals surface area contributed by atoms with E-state index in [1.165, 1.54) is 0 Å². The fourth-order valence-electron chi connectivity index (χ4n) is 4.83. The number of H-pyrrole nitrogens is 1. The van der Waals surface area contributed by atoms with Crippen LogP contribution in [0.3, 0.4) is 0 Å². The number of nitrogens with zero attached hydrogens (tertiary/aromatic N) is 1. The van der Waals surface area contributed by atoms with Crippen LogP contribution in [0.4, 0.5) is 5.69 Å². The number of carbonyl (C=O) groups excluding carboxylic acids is 1. The predicted octanol–water partition coefficient (Wildman–Crippen LogP) is 5.01. The minimum atomic E-state index is -0.404. The maximum atomic E-state index is 13.4. The largest absolute Gasteiger partial charge is 0.325 e. The molecule has 5 rings (SSSR count). The number of carbonyl (C=O) groups is 1. The highest BCUT2D eigenvalue weighted by Crippen LogP contribution is 2.27. The monoisotopic (exact) mass is 449 g/mol. The highest BCUT2D eigenvalue weighted by Gasteiger charge is 2.23. The number of aromatic amines is 1. The molecule has 0 unspecified atom stereocenters. The number of hydrogen-bond acceptors (Lipinski definition) is 3. The third-order valence-corrected chi connectivity index (χ3v) is 6.48. The Kier molecular flexibility index (Phi) is 6.34. The van der Waals surface area contributed by atoms with Gasteiger partial charge in [0.25, 0.3) is 5.56 Å². The molecule has 5 nitrogen and oxygen atoms in total. The lowest BCUT2D eigenvalue weighted by atomic mass is 9.90. The molecule has 1 heterocycles. The molecule has 0 aliphatic heterocycles. The first-order chi connectivity index (χ1) is 16.7. The lowest BCUT2D eigenvalue weighted by Crippen LogP contribution is -2.23. The van der Waals surface area contributed by atoms with Gasteiger partial charge in [-0.2, -0.15) is 5.10 Å². The summed E-state index contributed by atoms with van der Waals surface area (Å²) in [7, 11) is 0. The Bertz CT molecular complexity index is 1310. The highest BCUT2D eigenvalue weighted by molar-refractivity contribution is 5.98. The van der Waals surface area contributed by atoms with Gasteiger partial charge in [0, 0.05) is 17.7 Å². The fraction of sp³-hybridized carbons (Fsp3) is 0.207. The van der Waals surface area contributed by atoms with Crippen molar-refractivity contribution in [1.82, 2.24) is 10.2 Å². The van der Waals surface area contributed by atoms with E-state index >= 15 is 0 Å². The summed E-state index contributed by atoms with van der Waals surface area (Å²) in [5.74, 6) is -0.479. The van der Waals surface area contributed by atoms with Crippen molar-refractivity contribution in [3.8, 4) is 0 Å². The summed E-state index contributed by atoms with van der Waals surface area (Å²) in [4.78, 5) is 25.6. The average molecular weight is 450 g/mol. The molecule has 0 radical (unpaired) electrons. The van der Waals surface area contributed by atoms with Crippen LogP contribution in [0.15, 0.2) is 89.7 Å². The second kappa shape index (κ2) is 9.87. The maximum absolute atomic E-state index is 13.4. The number of amides is 1. The zero-order valence-corrected chi connectivity index (χ0v) is 19.0. The van der Waals surface area contributed by atoms with Gasteiger partial charge in [-0.15, -0.1) is 0 Å². The van der Waals surface area contributed by atoms with Crippen LogP contribution in [-0.2, 0) is 24.1 Å². The highest BCUT2D eigenvalue weighted by atomic mass is 16.2. The molecule has 34 heavy (non-hydrogen) atoms. The molecular weight excluding hydrogens is 422 g/mol. The number of anilines is 1. The first-order valence-electron chi connectivity index (χ1n) is 11.8. The van der Waals surface area contributed by atoms with Crippen molar-refractivity contribution in [1.29, 1.82) is 0 Å². The Morgan fingerprint density at radius 3 is 2.18 bits per heavy atom. The van der Waals surface area contributed by atoms with Crippen molar-refractivity contribution in [2.45, 2.75) is 38.0 Å². The van der Waals surface area contributed by atoms with Gasteiger partial charge < -0.3 is 5.32 Å². The molecule has 0 spiro atoms. The van der Waals surface area contributed by atoms with Crippen LogP contribution >= 0.6 is 0 Å². The lowest BCUT2D eigenvalue weighted by Gasteiger charge is -2.19. The van der Waals surface area contributed by atoms with Gasteiger partial charge in [-0.1, -0.05) is 72.8 Å². The normalized spacial score (nSPS) is 12.9. The molecule has 4 aromatic rings. The third-order valence-electron chi connectivity index (χ3n) is 6.48. The van der Waals surface area contributed by atoms with E-state index < -0.39 is 5.92 Å². The number of benzene rings is 3. The SMILES string of the molecule is O=C(Nc1cccc(Cc2n[nH]c(=O)c3c2CCCC3)c1)C(c1ccccc1)c1ccccc1. The molecule has 170 valence electrons. The van der Waals surface area contributed by atoms with E-state index in [0.717, 1.165) is 64.9 Å². The second-order valence-electron chi connectivity index (χ2n) is 8.78. The van der Waals surface area contributed by atoms with Crippen molar-refractivity contribution in [2.75, 3.05) is 5.32 Å². The third kappa shape index (κ3) is 4.69. The van der Waals surface area contributed by atoms with Crippen molar-refractivity contribution in [3.05, 3.63) is 129 Å². The van der Waals surface area contributed by atoms with E-state index in [4.69, 9.17) is 0 Å². The first-order valence-corrected chi connectivity index (χ1v) is 11.8. The number of fused-ring (bicyclic) bond motifs is 1. The van der Waals surface area contributed by atoms with Crippen molar-refractivity contribution < 1.29 is 4.79 Å². The van der Waals surface area contributed by atoms with E-state index in [2.05, 4.69) is 15.5 Å². The predicted molar refractivity (Wildman–Crippen MR) is 134 cm³/mol. The zero-order valence-electron chi connectivity index (χ0n) is 19.0. The number of aromatic nitrogens is 2.